The Bertz CT molecular complexity index is 726. The first-order valence-electron chi connectivity index (χ1n) is 6.15. The number of rotatable bonds is 6. The SMILES string of the molecule is COc1ccc(CO)cc1S(=O)(=O)NCc1cnc(C)s1. The number of nitrogens with zero attached hydrogens (tertiary/aromatic N) is 1. The molecule has 8 heteroatoms. The third-order valence-corrected chi connectivity index (χ3v) is 5.14. The highest BCUT2D eigenvalue weighted by Gasteiger charge is 2.20. The number of methoxy groups -OCH3 is 1. The molecule has 0 spiro atoms. The number of nitrogens with one attached hydrogen (secondary N) is 1. The zero-order valence-corrected chi connectivity index (χ0v) is 13.3. The Morgan fingerprint density at radius 2 is 2.19 bits per heavy atom. The molecule has 2 aromatic rings. The first-order chi connectivity index (χ1) is 9.96. The molecule has 0 aliphatic carbocycles. The number of aliphatic hydroxyl groups excluding tert-OH is 1. The van der Waals surface area contributed by atoms with Gasteiger partial charge in [0.15, 0.2) is 0 Å². The van der Waals surface area contributed by atoms with E-state index in [4.69, 9.17) is 9.84 Å². The van der Waals surface area contributed by atoms with Crippen LogP contribution >= 0.6 is 11.3 Å². The molecule has 1 aromatic carbocycles. The summed E-state index contributed by atoms with van der Waals surface area (Å²) in [6, 6.07) is 4.54. The normalized spacial score (nSPS) is 11.6. The van der Waals surface area contributed by atoms with E-state index >= 15 is 0 Å². The van der Waals surface area contributed by atoms with E-state index in [1.54, 1.807) is 12.3 Å². The summed E-state index contributed by atoms with van der Waals surface area (Å²) in [5, 5.41) is 10.0. The molecule has 0 saturated heterocycles. The third-order valence-electron chi connectivity index (χ3n) is 2.81. The lowest BCUT2D eigenvalue weighted by molar-refractivity contribution is 0.281. The molecular formula is C13H16N2O4S2. The lowest BCUT2D eigenvalue weighted by atomic mass is 10.2. The van der Waals surface area contributed by atoms with Gasteiger partial charge in [-0.05, 0) is 24.6 Å². The molecular weight excluding hydrogens is 312 g/mol. The van der Waals surface area contributed by atoms with E-state index in [2.05, 4.69) is 9.71 Å². The molecule has 1 heterocycles. The van der Waals surface area contributed by atoms with Crippen LogP contribution in [0.4, 0.5) is 0 Å². The second kappa shape index (κ2) is 6.52. The van der Waals surface area contributed by atoms with Crippen LogP contribution < -0.4 is 9.46 Å². The van der Waals surface area contributed by atoms with Crippen molar-refractivity contribution >= 4 is 21.4 Å². The largest absolute Gasteiger partial charge is 0.495 e. The summed E-state index contributed by atoms with van der Waals surface area (Å²) in [7, 11) is -2.33. The number of aliphatic hydroxyl groups is 1. The molecule has 2 rings (SSSR count). The van der Waals surface area contributed by atoms with Crippen molar-refractivity contribution in [3.05, 3.63) is 39.8 Å². The average molecular weight is 328 g/mol. The lowest BCUT2D eigenvalue weighted by Gasteiger charge is -2.11. The summed E-state index contributed by atoms with van der Waals surface area (Å²) in [4.78, 5) is 4.92. The first-order valence-corrected chi connectivity index (χ1v) is 8.45. The monoisotopic (exact) mass is 328 g/mol. The van der Waals surface area contributed by atoms with Gasteiger partial charge in [0.25, 0.3) is 0 Å². The summed E-state index contributed by atoms with van der Waals surface area (Å²) in [6.45, 7) is 1.79. The van der Waals surface area contributed by atoms with Crippen molar-refractivity contribution in [2.75, 3.05) is 7.11 Å². The molecule has 1 aromatic heterocycles. The summed E-state index contributed by atoms with van der Waals surface area (Å²) >= 11 is 1.43. The number of benzene rings is 1. The van der Waals surface area contributed by atoms with Crippen molar-refractivity contribution in [2.45, 2.75) is 25.0 Å². The molecule has 114 valence electrons. The molecule has 0 aliphatic rings. The van der Waals surface area contributed by atoms with Gasteiger partial charge in [0, 0.05) is 17.6 Å². The summed E-state index contributed by atoms with van der Waals surface area (Å²) in [6.07, 6.45) is 1.64. The van der Waals surface area contributed by atoms with Crippen LogP contribution in [0.5, 0.6) is 5.75 Å². The van der Waals surface area contributed by atoms with E-state index in [0.29, 0.717) is 5.56 Å². The third kappa shape index (κ3) is 3.79. The molecule has 6 nitrogen and oxygen atoms in total. The standard InChI is InChI=1S/C13H16N2O4S2/c1-9-14-6-11(20-9)7-15-21(17,18)13-5-10(8-16)3-4-12(13)19-2/h3-6,15-16H,7-8H2,1-2H3. The second-order valence-electron chi connectivity index (χ2n) is 4.31. The topological polar surface area (TPSA) is 88.5 Å². The molecule has 0 saturated carbocycles. The number of sulfonamides is 1. The fourth-order valence-corrected chi connectivity index (χ4v) is 3.81. The molecule has 0 aliphatic heterocycles. The van der Waals surface area contributed by atoms with Gasteiger partial charge >= 0.3 is 0 Å². The molecule has 21 heavy (non-hydrogen) atoms. The van der Waals surface area contributed by atoms with Crippen molar-refractivity contribution < 1.29 is 18.3 Å². The highest BCUT2D eigenvalue weighted by molar-refractivity contribution is 7.89. The highest BCUT2D eigenvalue weighted by atomic mass is 32.2. The van der Waals surface area contributed by atoms with Gasteiger partial charge in [0.1, 0.15) is 10.6 Å². The van der Waals surface area contributed by atoms with Crippen LogP contribution in [0.2, 0.25) is 0 Å². The van der Waals surface area contributed by atoms with Gasteiger partial charge in [-0.25, -0.2) is 18.1 Å². The summed E-state index contributed by atoms with van der Waals surface area (Å²) in [5.41, 5.74) is 0.504. The lowest BCUT2D eigenvalue weighted by Crippen LogP contribution is -2.23. The van der Waals surface area contributed by atoms with Crippen LogP contribution in [0.25, 0.3) is 0 Å². The summed E-state index contributed by atoms with van der Waals surface area (Å²) < 4.78 is 32.3. The zero-order chi connectivity index (χ0) is 15.5. The number of hydrogen-bond acceptors (Lipinski definition) is 6. The van der Waals surface area contributed by atoms with Crippen LogP contribution in [-0.2, 0) is 23.2 Å². The predicted molar refractivity (Wildman–Crippen MR) is 79.8 cm³/mol. The zero-order valence-electron chi connectivity index (χ0n) is 11.7. The number of hydrogen-bond donors (Lipinski definition) is 2. The van der Waals surface area contributed by atoms with E-state index in [9.17, 15) is 8.42 Å². The quantitative estimate of drug-likeness (QED) is 0.837. The van der Waals surface area contributed by atoms with Gasteiger partial charge in [-0.15, -0.1) is 11.3 Å². The maximum Gasteiger partial charge on any atom is 0.244 e. The Balaban J connectivity index is 2.26. The summed E-state index contributed by atoms with van der Waals surface area (Å²) in [5.74, 6) is 0.236. The van der Waals surface area contributed by atoms with Crippen LogP contribution in [-0.4, -0.2) is 25.6 Å². The maximum absolute atomic E-state index is 12.4. The molecule has 0 amide bonds. The van der Waals surface area contributed by atoms with Gasteiger partial charge in [-0.3, -0.25) is 0 Å². The van der Waals surface area contributed by atoms with Gasteiger partial charge in [-0.2, -0.15) is 0 Å². The van der Waals surface area contributed by atoms with Gasteiger partial charge < -0.3 is 9.84 Å². The number of aromatic nitrogens is 1. The van der Waals surface area contributed by atoms with Crippen molar-refractivity contribution in [3.63, 3.8) is 0 Å². The van der Waals surface area contributed by atoms with Gasteiger partial charge in [0.2, 0.25) is 10.0 Å². The van der Waals surface area contributed by atoms with Crippen LogP contribution in [0.1, 0.15) is 15.4 Å². The van der Waals surface area contributed by atoms with E-state index in [-0.39, 0.29) is 23.8 Å². The number of ether oxygens (including phenoxy) is 1. The molecule has 2 N–H and O–H groups in total. The van der Waals surface area contributed by atoms with E-state index in [1.807, 2.05) is 6.92 Å². The fourth-order valence-electron chi connectivity index (χ4n) is 1.76. The van der Waals surface area contributed by atoms with E-state index < -0.39 is 10.0 Å². The molecule has 0 atom stereocenters. The van der Waals surface area contributed by atoms with Crippen molar-refractivity contribution in [1.29, 1.82) is 0 Å². The van der Waals surface area contributed by atoms with Crippen LogP contribution in [0.3, 0.4) is 0 Å². The van der Waals surface area contributed by atoms with E-state index in [0.717, 1.165) is 9.88 Å². The van der Waals surface area contributed by atoms with Gasteiger partial charge in [0.05, 0.1) is 18.7 Å². The fraction of sp³-hybridized carbons (Fsp3) is 0.308. The molecule has 0 unspecified atom stereocenters. The van der Waals surface area contributed by atoms with Crippen LogP contribution in [0.15, 0.2) is 29.3 Å². The van der Waals surface area contributed by atoms with Crippen molar-refractivity contribution in [1.82, 2.24) is 9.71 Å². The smallest absolute Gasteiger partial charge is 0.244 e. The Labute approximate surface area is 127 Å². The number of thiazole rings is 1. The van der Waals surface area contributed by atoms with Crippen molar-refractivity contribution in [3.8, 4) is 5.75 Å². The Hall–Kier alpha value is -1.48. The predicted octanol–water partition coefficient (Wildman–Crippen LogP) is 1.43. The van der Waals surface area contributed by atoms with Crippen molar-refractivity contribution in [2.24, 2.45) is 0 Å². The van der Waals surface area contributed by atoms with E-state index in [1.165, 1.54) is 30.6 Å². The Morgan fingerprint density at radius 3 is 2.76 bits per heavy atom. The second-order valence-corrected chi connectivity index (χ2v) is 7.37. The molecule has 0 radical (unpaired) electrons. The van der Waals surface area contributed by atoms with Crippen LogP contribution in [0, 0.1) is 6.92 Å². The minimum Gasteiger partial charge on any atom is -0.495 e. The minimum absolute atomic E-state index is 0.0118. The Kier molecular flexibility index (Phi) is 4.94. The Morgan fingerprint density at radius 1 is 1.43 bits per heavy atom. The molecule has 0 fully saturated rings. The minimum atomic E-state index is -3.73. The highest BCUT2D eigenvalue weighted by Crippen LogP contribution is 2.25. The first kappa shape index (κ1) is 15.9. The maximum atomic E-state index is 12.4. The average Bonchev–Trinajstić information content (AvgIpc) is 2.90. The number of aryl methyl sites for hydroxylation is 1. The molecule has 0 bridgehead atoms. The van der Waals surface area contributed by atoms with Gasteiger partial charge in [-0.1, -0.05) is 6.07 Å².